The summed E-state index contributed by atoms with van der Waals surface area (Å²) in [4.78, 5) is 24.7. The number of carbonyl (C=O) groups is 2. The maximum Gasteiger partial charge on any atom is 0.416 e. The lowest BCUT2D eigenvalue weighted by Gasteiger charge is -2.23. The van der Waals surface area contributed by atoms with E-state index in [9.17, 15) is 22.8 Å². The van der Waals surface area contributed by atoms with Gasteiger partial charge in [0.15, 0.2) is 0 Å². The lowest BCUT2D eigenvalue weighted by molar-refractivity contribution is -0.906. The van der Waals surface area contributed by atoms with E-state index in [1.54, 1.807) is 0 Å². The third-order valence-electron chi connectivity index (χ3n) is 3.62. The zero-order valence-corrected chi connectivity index (χ0v) is 12.9. The summed E-state index contributed by atoms with van der Waals surface area (Å²) < 4.78 is 43.0. The van der Waals surface area contributed by atoms with Crippen LogP contribution in [0.3, 0.4) is 0 Å². The molecule has 1 aromatic carbocycles. The molecule has 2 rings (SSSR count). The molecule has 1 aromatic rings. The highest BCUT2D eigenvalue weighted by Crippen LogP contribution is 2.30. The Labute approximate surface area is 137 Å². The summed E-state index contributed by atoms with van der Waals surface area (Å²) in [6.45, 7) is 3.98. The summed E-state index contributed by atoms with van der Waals surface area (Å²) in [7, 11) is 0. The Kier molecular flexibility index (Phi) is 6.16. The Balaban J connectivity index is 1.80. The molecule has 0 aliphatic carbocycles. The van der Waals surface area contributed by atoms with Crippen LogP contribution in [0.2, 0.25) is 0 Å². The standard InChI is InChI=1S/C15H18F3N3O3/c16-15(17,18)11-2-1-3-12(10-11)20-14(23)13(22)19-4-5-21-6-8-24-9-7-21/h1-3,10H,4-9H2,(H,19,22)(H,20,23)/p+1. The van der Waals surface area contributed by atoms with E-state index in [0.717, 1.165) is 31.3 Å². The molecule has 2 amide bonds. The van der Waals surface area contributed by atoms with Crippen molar-refractivity contribution >= 4 is 17.5 Å². The van der Waals surface area contributed by atoms with Gasteiger partial charge in [-0.3, -0.25) is 9.59 Å². The fourth-order valence-electron chi connectivity index (χ4n) is 2.30. The van der Waals surface area contributed by atoms with E-state index in [2.05, 4.69) is 10.6 Å². The summed E-state index contributed by atoms with van der Waals surface area (Å²) in [5.74, 6) is -1.87. The third-order valence-corrected chi connectivity index (χ3v) is 3.62. The van der Waals surface area contributed by atoms with E-state index in [1.165, 1.54) is 11.0 Å². The van der Waals surface area contributed by atoms with Gasteiger partial charge in [-0.25, -0.2) is 0 Å². The fourth-order valence-corrected chi connectivity index (χ4v) is 2.30. The molecule has 0 bridgehead atoms. The number of carbonyl (C=O) groups excluding carboxylic acids is 2. The molecule has 0 saturated carbocycles. The van der Waals surface area contributed by atoms with E-state index in [1.807, 2.05) is 0 Å². The summed E-state index contributed by atoms with van der Waals surface area (Å²) >= 11 is 0. The molecule has 1 aliphatic rings. The van der Waals surface area contributed by atoms with Gasteiger partial charge in [0.1, 0.15) is 13.1 Å². The SMILES string of the molecule is O=C(NCC[NH+]1CCOCC1)C(=O)Nc1cccc(C(F)(F)F)c1. The molecule has 1 aliphatic heterocycles. The zero-order chi connectivity index (χ0) is 17.6. The van der Waals surface area contributed by atoms with E-state index >= 15 is 0 Å². The highest BCUT2D eigenvalue weighted by molar-refractivity contribution is 6.39. The van der Waals surface area contributed by atoms with E-state index < -0.39 is 23.6 Å². The minimum absolute atomic E-state index is 0.0798. The van der Waals surface area contributed by atoms with Crippen LogP contribution in [0.25, 0.3) is 0 Å². The Morgan fingerprint density at radius 3 is 2.54 bits per heavy atom. The molecule has 0 spiro atoms. The molecule has 0 atom stereocenters. The first kappa shape index (κ1) is 18.2. The first-order valence-electron chi connectivity index (χ1n) is 7.54. The van der Waals surface area contributed by atoms with Crippen LogP contribution in [0, 0.1) is 0 Å². The van der Waals surface area contributed by atoms with Gasteiger partial charge < -0.3 is 20.3 Å². The van der Waals surface area contributed by atoms with Crippen molar-refractivity contribution in [3.05, 3.63) is 29.8 Å². The minimum atomic E-state index is -4.51. The third kappa shape index (κ3) is 5.50. The van der Waals surface area contributed by atoms with Crippen molar-refractivity contribution in [2.75, 3.05) is 44.7 Å². The lowest BCUT2D eigenvalue weighted by Crippen LogP contribution is -3.14. The Morgan fingerprint density at radius 1 is 1.17 bits per heavy atom. The number of hydrogen-bond donors (Lipinski definition) is 3. The van der Waals surface area contributed by atoms with Crippen molar-refractivity contribution in [1.29, 1.82) is 0 Å². The number of nitrogens with one attached hydrogen (secondary N) is 3. The van der Waals surface area contributed by atoms with Gasteiger partial charge in [-0.1, -0.05) is 6.07 Å². The van der Waals surface area contributed by atoms with Crippen molar-refractivity contribution in [3.63, 3.8) is 0 Å². The molecule has 0 unspecified atom stereocenters. The number of morpholine rings is 1. The van der Waals surface area contributed by atoms with Crippen LogP contribution < -0.4 is 15.5 Å². The lowest BCUT2D eigenvalue weighted by atomic mass is 10.2. The second-order valence-electron chi connectivity index (χ2n) is 5.40. The van der Waals surface area contributed by atoms with Gasteiger partial charge in [-0.15, -0.1) is 0 Å². The number of halogens is 3. The summed E-state index contributed by atoms with van der Waals surface area (Å²) in [6.07, 6.45) is -4.51. The van der Waals surface area contributed by atoms with Gasteiger partial charge in [0.05, 0.1) is 31.9 Å². The molecule has 0 radical (unpaired) electrons. The Bertz CT molecular complexity index is 587. The molecule has 9 heteroatoms. The number of benzene rings is 1. The second kappa shape index (κ2) is 8.11. The van der Waals surface area contributed by atoms with Crippen LogP contribution in [-0.2, 0) is 20.5 Å². The van der Waals surface area contributed by atoms with Crippen molar-refractivity contribution < 1.29 is 32.4 Å². The van der Waals surface area contributed by atoms with Gasteiger partial charge in [-0.05, 0) is 18.2 Å². The average Bonchev–Trinajstić information content (AvgIpc) is 2.55. The molecular weight excluding hydrogens is 327 g/mol. The monoisotopic (exact) mass is 346 g/mol. The first-order valence-corrected chi connectivity index (χ1v) is 7.54. The van der Waals surface area contributed by atoms with E-state index in [4.69, 9.17) is 4.74 Å². The van der Waals surface area contributed by atoms with Gasteiger partial charge in [0, 0.05) is 5.69 Å². The Hall–Kier alpha value is -2.13. The topological polar surface area (TPSA) is 71.9 Å². The molecule has 132 valence electrons. The molecule has 24 heavy (non-hydrogen) atoms. The second-order valence-corrected chi connectivity index (χ2v) is 5.40. The van der Waals surface area contributed by atoms with Gasteiger partial charge in [0.25, 0.3) is 0 Å². The molecule has 1 saturated heterocycles. The van der Waals surface area contributed by atoms with Crippen molar-refractivity contribution in [2.24, 2.45) is 0 Å². The van der Waals surface area contributed by atoms with E-state index in [0.29, 0.717) is 26.3 Å². The normalized spacial score (nSPS) is 15.8. The number of anilines is 1. The number of rotatable bonds is 4. The number of amides is 2. The van der Waals surface area contributed by atoms with Gasteiger partial charge >= 0.3 is 18.0 Å². The molecule has 3 N–H and O–H groups in total. The number of hydrogen-bond acceptors (Lipinski definition) is 3. The summed E-state index contributed by atoms with van der Waals surface area (Å²) in [6, 6.07) is 4.13. The summed E-state index contributed by atoms with van der Waals surface area (Å²) in [5.41, 5.74) is -0.972. The predicted octanol–water partition coefficient (Wildman–Crippen LogP) is -0.325. The smallest absolute Gasteiger partial charge is 0.370 e. The molecule has 0 aromatic heterocycles. The average molecular weight is 346 g/mol. The van der Waals surface area contributed by atoms with Gasteiger partial charge in [-0.2, -0.15) is 13.2 Å². The highest BCUT2D eigenvalue weighted by Gasteiger charge is 2.30. The first-order chi connectivity index (χ1) is 11.4. The maximum atomic E-state index is 12.6. The maximum absolute atomic E-state index is 12.6. The van der Waals surface area contributed by atoms with Crippen LogP contribution in [-0.4, -0.2) is 51.2 Å². The quantitative estimate of drug-likeness (QED) is 0.654. The van der Waals surface area contributed by atoms with Crippen LogP contribution in [0.5, 0.6) is 0 Å². The van der Waals surface area contributed by atoms with Gasteiger partial charge in [0.2, 0.25) is 0 Å². The molecule has 1 heterocycles. The predicted molar refractivity (Wildman–Crippen MR) is 79.5 cm³/mol. The number of ether oxygens (including phenoxy) is 1. The molecule has 6 nitrogen and oxygen atoms in total. The number of quaternary nitrogens is 1. The minimum Gasteiger partial charge on any atom is -0.370 e. The van der Waals surface area contributed by atoms with E-state index in [-0.39, 0.29) is 5.69 Å². The van der Waals surface area contributed by atoms with Crippen LogP contribution in [0.15, 0.2) is 24.3 Å². The Morgan fingerprint density at radius 2 is 1.88 bits per heavy atom. The van der Waals surface area contributed by atoms with Crippen molar-refractivity contribution in [2.45, 2.75) is 6.18 Å². The van der Waals surface area contributed by atoms with Crippen molar-refractivity contribution in [1.82, 2.24) is 5.32 Å². The number of alkyl halides is 3. The van der Waals surface area contributed by atoms with Crippen molar-refractivity contribution in [3.8, 4) is 0 Å². The molecule has 1 fully saturated rings. The zero-order valence-electron chi connectivity index (χ0n) is 12.9. The molecular formula is C15H19F3N3O3+. The van der Waals surface area contributed by atoms with Crippen LogP contribution >= 0.6 is 0 Å². The van der Waals surface area contributed by atoms with Crippen LogP contribution in [0.4, 0.5) is 18.9 Å². The largest absolute Gasteiger partial charge is 0.416 e. The summed E-state index contributed by atoms with van der Waals surface area (Å²) in [5, 5.41) is 4.62. The van der Waals surface area contributed by atoms with Crippen LogP contribution in [0.1, 0.15) is 5.56 Å². The highest BCUT2D eigenvalue weighted by atomic mass is 19.4. The fraction of sp³-hybridized carbons (Fsp3) is 0.467.